The van der Waals surface area contributed by atoms with Gasteiger partial charge in [-0.3, -0.25) is 9.59 Å². The van der Waals surface area contributed by atoms with Gasteiger partial charge in [0.25, 0.3) is 0 Å². The average Bonchev–Trinajstić information content (AvgIpc) is 3.14. The van der Waals surface area contributed by atoms with Crippen LogP contribution in [0.15, 0.2) is 120 Å². The Labute approximate surface area is 311 Å². The smallest absolute Gasteiger partial charge is 0.322 e. The first-order valence-electron chi connectivity index (χ1n) is 16.4. The summed E-state index contributed by atoms with van der Waals surface area (Å²) < 4.78 is 3.44. The van der Waals surface area contributed by atoms with E-state index < -0.39 is 15.5 Å². The van der Waals surface area contributed by atoms with Gasteiger partial charge in [0.2, 0.25) is 0 Å². The molecule has 6 aromatic rings. The van der Waals surface area contributed by atoms with Crippen molar-refractivity contribution in [2.45, 2.75) is 54.2 Å². The molecule has 0 fully saturated rings. The number of nitrogens with zero attached hydrogens (tertiary/aromatic N) is 4. The fraction of sp³-hybridized carbons (Fsp3) is 0.190. The molecule has 10 heteroatoms. The molecular weight excluding hydrogens is 689 g/mol. The minimum atomic E-state index is -0.995. The number of nitriles is 2. The highest BCUT2D eigenvalue weighted by Crippen LogP contribution is 2.42. The molecule has 0 spiro atoms. The lowest BCUT2D eigenvalue weighted by Crippen LogP contribution is -2.30. The number of pyridine rings is 2. The van der Waals surface area contributed by atoms with Crippen molar-refractivity contribution in [2.75, 3.05) is 6.61 Å². The summed E-state index contributed by atoms with van der Waals surface area (Å²) in [5, 5.41) is 33.3. The molecule has 0 amide bonds. The number of rotatable bonds is 9. The number of benzene rings is 4. The number of aliphatic carboxylic acids is 1. The Hall–Kier alpha value is -5.68. The van der Waals surface area contributed by atoms with E-state index in [9.17, 15) is 25.2 Å². The predicted molar refractivity (Wildman–Crippen MR) is 208 cm³/mol. The Balaban J connectivity index is 0.000000202. The third kappa shape index (κ3) is 8.10. The summed E-state index contributed by atoms with van der Waals surface area (Å²) in [6, 6.07) is 35.1. The monoisotopic (exact) mass is 724 g/mol. The van der Waals surface area contributed by atoms with E-state index in [1.807, 2.05) is 105 Å². The van der Waals surface area contributed by atoms with Crippen LogP contribution >= 0.6 is 23.5 Å². The second-order valence-corrected chi connectivity index (χ2v) is 15.8. The second kappa shape index (κ2) is 16.1. The molecule has 52 heavy (non-hydrogen) atoms. The number of carbonyl (C=O) groups is 2. The molecule has 0 aliphatic rings. The minimum absolute atomic E-state index is 0.267. The van der Waals surface area contributed by atoms with Gasteiger partial charge >= 0.3 is 11.9 Å². The van der Waals surface area contributed by atoms with E-state index in [2.05, 4.69) is 22.1 Å². The quantitative estimate of drug-likeness (QED) is 0.113. The molecule has 0 saturated heterocycles. The Morgan fingerprint density at radius 3 is 1.46 bits per heavy atom. The number of carboxylic acid groups (broad SMARTS) is 1. The van der Waals surface area contributed by atoms with Crippen molar-refractivity contribution in [3.8, 4) is 34.4 Å². The zero-order valence-corrected chi connectivity index (χ0v) is 31.0. The Morgan fingerprint density at radius 2 is 1.06 bits per heavy atom. The van der Waals surface area contributed by atoms with Crippen molar-refractivity contribution in [1.82, 2.24) is 9.97 Å². The van der Waals surface area contributed by atoms with Gasteiger partial charge in [-0.25, -0.2) is 9.97 Å². The lowest BCUT2D eigenvalue weighted by atomic mass is 9.96. The molecule has 4 aromatic carbocycles. The van der Waals surface area contributed by atoms with Crippen LogP contribution in [-0.2, 0) is 14.3 Å². The minimum Gasteiger partial charge on any atom is -0.480 e. The molecule has 0 radical (unpaired) electrons. The van der Waals surface area contributed by atoms with Gasteiger partial charge in [-0.15, -0.1) is 0 Å². The number of fused-ring (bicyclic) bond motifs is 2. The summed E-state index contributed by atoms with van der Waals surface area (Å²) in [6.45, 7) is 9.15. The van der Waals surface area contributed by atoms with E-state index in [0.29, 0.717) is 22.8 Å². The highest BCUT2D eigenvalue weighted by Gasteiger charge is 2.33. The van der Waals surface area contributed by atoms with Crippen molar-refractivity contribution in [3.63, 3.8) is 0 Å². The summed E-state index contributed by atoms with van der Waals surface area (Å²) >= 11 is 2.60. The van der Waals surface area contributed by atoms with Crippen LogP contribution in [0.5, 0.6) is 0 Å². The number of aromatic nitrogens is 2. The first-order chi connectivity index (χ1) is 24.9. The Bertz CT molecular complexity index is 2380. The van der Waals surface area contributed by atoms with Gasteiger partial charge < -0.3 is 9.84 Å². The highest BCUT2D eigenvalue weighted by molar-refractivity contribution is 8.01. The van der Waals surface area contributed by atoms with Crippen LogP contribution < -0.4 is 0 Å². The normalized spacial score (nSPS) is 11.2. The van der Waals surface area contributed by atoms with Crippen LogP contribution in [0, 0.1) is 22.7 Å². The van der Waals surface area contributed by atoms with Gasteiger partial charge in [-0.2, -0.15) is 10.5 Å². The van der Waals surface area contributed by atoms with E-state index in [1.54, 1.807) is 39.2 Å². The molecule has 0 saturated carbocycles. The van der Waals surface area contributed by atoms with E-state index >= 15 is 0 Å². The number of esters is 1. The van der Waals surface area contributed by atoms with Crippen LogP contribution in [-0.4, -0.2) is 43.1 Å². The summed E-state index contributed by atoms with van der Waals surface area (Å²) in [5.41, 5.74) is 4.97. The Kier molecular flexibility index (Phi) is 11.6. The molecule has 0 aliphatic heterocycles. The largest absolute Gasteiger partial charge is 0.480 e. The molecule has 0 aliphatic carbocycles. The third-order valence-corrected chi connectivity index (χ3v) is 10.6. The maximum atomic E-state index is 12.3. The van der Waals surface area contributed by atoms with Crippen molar-refractivity contribution in [2.24, 2.45) is 0 Å². The summed E-state index contributed by atoms with van der Waals surface area (Å²) in [6.07, 6.45) is 3.38. The van der Waals surface area contributed by atoms with Gasteiger partial charge in [0, 0.05) is 34.3 Å². The summed E-state index contributed by atoms with van der Waals surface area (Å²) in [4.78, 5) is 32.7. The van der Waals surface area contributed by atoms with Crippen LogP contribution in [0.1, 0.15) is 45.7 Å². The summed E-state index contributed by atoms with van der Waals surface area (Å²) in [5.74, 6) is -1.16. The first kappa shape index (κ1) is 37.6. The van der Waals surface area contributed by atoms with Crippen molar-refractivity contribution >= 4 is 57.0 Å². The summed E-state index contributed by atoms with van der Waals surface area (Å²) in [7, 11) is 0. The van der Waals surface area contributed by atoms with E-state index in [1.165, 1.54) is 23.5 Å². The number of ether oxygens (including phenoxy) is 1. The Morgan fingerprint density at radius 1 is 0.635 bits per heavy atom. The van der Waals surface area contributed by atoms with Crippen LogP contribution in [0.3, 0.4) is 0 Å². The first-order valence-corrected chi connectivity index (χ1v) is 18.1. The van der Waals surface area contributed by atoms with E-state index in [-0.39, 0.29) is 5.97 Å². The lowest BCUT2D eigenvalue weighted by molar-refractivity contribution is -0.145. The SMILES string of the molecule is CC(C)(Sc1ncccc1-c1ccc(C#N)c2ccccc12)C(=O)O.CCOC(=O)C(C)(C)Sc1ncccc1-c1ccc(C#N)c2ccccc12. The molecule has 1 N–H and O–H groups in total. The van der Waals surface area contributed by atoms with Crippen molar-refractivity contribution in [1.29, 1.82) is 10.5 Å². The number of hydrogen-bond donors (Lipinski definition) is 1. The highest BCUT2D eigenvalue weighted by atomic mass is 32.2. The number of thioether (sulfide) groups is 2. The molecule has 2 aromatic heterocycles. The van der Waals surface area contributed by atoms with Gasteiger partial charge in [0.15, 0.2) is 0 Å². The molecule has 0 bridgehead atoms. The maximum absolute atomic E-state index is 12.3. The maximum Gasteiger partial charge on any atom is 0.322 e. The predicted octanol–water partition coefficient (Wildman–Crippen LogP) is 9.94. The molecule has 0 unspecified atom stereocenters. The molecule has 0 atom stereocenters. The molecule has 6 rings (SSSR count). The van der Waals surface area contributed by atoms with Crippen LogP contribution in [0.2, 0.25) is 0 Å². The zero-order valence-electron chi connectivity index (χ0n) is 29.4. The fourth-order valence-electron chi connectivity index (χ4n) is 5.49. The third-order valence-electron chi connectivity index (χ3n) is 8.20. The number of carboxylic acids is 1. The molecular formula is C42H36N4O4S2. The zero-order chi connectivity index (χ0) is 37.5. The molecule has 8 nitrogen and oxygen atoms in total. The van der Waals surface area contributed by atoms with Gasteiger partial charge in [-0.1, -0.05) is 96.3 Å². The second-order valence-electron chi connectivity index (χ2n) is 12.6. The molecule has 2 heterocycles. The number of carbonyl (C=O) groups excluding carboxylic acids is 1. The van der Waals surface area contributed by atoms with E-state index in [0.717, 1.165) is 48.8 Å². The molecule has 260 valence electrons. The topological polar surface area (TPSA) is 137 Å². The number of hydrogen-bond acceptors (Lipinski definition) is 9. The van der Waals surface area contributed by atoms with Crippen molar-refractivity contribution < 1.29 is 19.4 Å². The van der Waals surface area contributed by atoms with Crippen molar-refractivity contribution in [3.05, 3.63) is 121 Å². The average molecular weight is 725 g/mol. The van der Waals surface area contributed by atoms with Crippen LogP contribution in [0.25, 0.3) is 43.8 Å². The van der Waals surface area contributed by atoms with Gasteiger partial charge in [0.1, 0.15) is 19.5 Å². The van der Waals surface area contributed by atoms with E-state index in [4.69, 9.17) is 4.74 Å². The standard InChI is InChI=1S/C22H20N2O2S.C20H16N2O2S/c1-4-26-21(25)22(2,3)27-20-19(10-7-13-24-20)18-12-11-15(14-23)16-8-5-6-9-17(16)18;1-20(2,19(23)24)25-18-17(8-5-11-22-18)16-10-9-13(12-21)14-6-3-4-7-15(14)16/h5-13H,4H2,1-3H3;3-11H,1-2H3,(H,23,24). The van der Waals surface area contributed by atoms with Crippen LogP contribution in [0.4, 0.5) is 0 Å². The lowest BCUT2D eigenvalue weighted by Gasteiger charge is -2.22. The fourth-order valence-corrected chi connectivity index (χ4v) is 7.49. The van der Waals surface area contributed by atoms with Gasteiger partial charge in [-0.05, 0) is 80.8 Å². The van der Waals surface area contributed by atoms with Gasteiger partial charge in [0.05, 0.1) is 29.9 Å².